The number of nitrogens with one attached hydrogen (secondary N) is 2. The van der Waals surface area contributed by atoms with Crippen LogP contribution in [0.25, 0.3) is 0 Å². The molecule has 5 nitrogen and oxygen atoms in total. The summed E-state index contributed by atoms with van der Waals surface area (Å²) in [6.07, 6.45) is 1.63. The zero-order valence-corrected chi connectivity index (χ0v) is 14.8. The number of halogens is 1. The van der Waals surface area contributed by atoms with Crippen molar-refractivity contribution in [2.24, 2.45) is 5.10 Å². The normalized spacial score (nSPS) is 10.8. The average Bonchev–Trinajstić information content (AvgIpc) is 2.43. The van der Waals surface area contributed by atoms with Crippen molar-refractivity contribution in [1.82, 2.24) is 10.7 Å². The fourth-order valence-corrected chi connectivity index (χ4v) is 2.10. The number of hydrazone groups is 1. The lowest BCUT2D eigenvalue weighted by Crippen LogP contribution is -2.31. The van der Waals surface area contributed by atoms with Crippen LogP contribution in [0.2, 0.25) is 5.02 Å². The number of hydrogen-bond acceptors (Lipinski definition) is 4. The molecule has 22 heavy (non-hydrogen) atoms. The fourth-order valence-electron chi connectivity index (χ4n) is 1.64. The first-order valence-electron chi connectivity index (χ1n) is 7.17. The molecular formula is C15H22ClN3O2S. The highest BCUT2D eigenvalue weighted by Crippen LogP contribution is 2.37. The van der Waals surface area contributed by atoms with Crippen molar-refractivity contribution in [2.75, 3.05) is 13.2 Å². The van der Waals surface area contributed by atoms with Crippen LogP contribution in [0.4, 0.5) is 0 Å². The predicted octanol–water partition coefficient (Wildman–Crippen LogP) is 3.34. The van der Waals surface area contributed by atoms with Crippen LogP contribution in [0.5, 0.6) is 11.5 Å². The summed E-state index contributed by atoms with van der Waals surface area (Å²) < 4.78 is 11.3. The molecule has 0 radical (unpaired) electrons. The van der Waals surface area contributed by atoms with Crippen LogP contribution in [0.15, 0.2) is 17.2 Å². The standard InChI is InChI=1S/C15H22ClN3O2S/c1-5-17-15(22)19-18-9-11-7-12(16)14(21-10(3)4)13(8-11)20-6-2/h7-10H,5-6H2,1-4H3,(H2,17,19,22). The Bertz CT molecular complexity index is 536. The molecular weight excluding hydrogens is 322 g/mol. The van der Waals surface area contributed by atoms with Crippen molar-refractivity contribution in [3.05, 3.63) is 22.7 Å². The smallest absolute Gasteiger partial charge is 0.186 e. The molecule has 0 aliphatic rings. The van der Waals surface area contributed by atoms with E-state index in [0.29, 0.717) is 28.2 Å². The summed E-state index contributed by atoms with van der Waals surface area (Å²) in [6, 6.07) is 3.60. The van der Waals surface area contributed by atoms with Crippen LogP contribution >= 0.6 is 23.8 Å². The van der Waals surface area contributed by atoms with Gasteiger partial charge in [0.25, 0.3) is 0 Å². The van der Waals surface area contributed by atoms with E-state index < -0.39 is 0 Å². The van der Waals surface area contributed by atoms with E-state index in [4.69, 9.17) is 33.3 Å². The number of ether oxygens (including phenoxy) is 2. The lowest BCUT2D eigenvalue weighted by atomic mass is 10.2. The lowest BCUT2D eigenvalue weighted by molar-refractivity contribution is 0.224. The van der Waals surface area contributed by atoms with Crippen LogP contribution in [-0.4, -0.2) is 30.6 Å². The molecule has 0 aromatic heterocycles. The van der Waals surface area contributed by atoms with E-state index in [1.807, 2.05) is 33.8 Å². The minimum absolute atomic E-state index is 0.00961. The molecule has 1 rings (SSSR count). The molecule has 0 spiro atoms. The van der Waals surface area contributed by atoms with Gasteiger partial charge >= 0.3 is 0 Å². The Hall–Kier alpha value is -1.53. The highest BCUT2D eigenvalue weighted by molar-refractivity contribution is 7.80. The topological polar surface area (TPSA) is 54.9 Å². The number of benzene rings is 1. The zero-order valence-electron chi connectivity index (χ0n) is 13.3. The van der Waals surface area contributed by atoms with E-state index in [9.17, 15) is 0 Å². The highest BCUT2D eigenvalue weighted by Gasteiger charge is 2.13. The summed E-state index contributed by atoms with van der Waals surface area (Å²) in [7, 11) is 0. The molecule has 0 atom stereocenters. The molecule has 0 amide bonds. The van der Waals surface area contributed by atoms with E-state index in [0.717, 1.165) is 12.1 Å². The molecule has 0 saturated carbocycles. The number of rotatable bonds is 7. The van der Waals surface area contributed by atoms with Crippen molar-refractivity contribution in [1.29, 1.82) is 0 Å². The maximum absolute atomic E-state index is 6.28. The Morgan fingerprint density at radius 3 is 2.73 bits per heavy atom. The second-order valence-corrected chi connectivity index (χ2v) is 5.47. The quantitative estimate of drug-likeness (QED) is 0.452. The van der Waals surface area contributed by atoms with Gasteiger partial charge in [-0.2, -0.15) is 5.10 Å². The molecule has 0 aliphatic heterocycles. The summed E-state index contributed by atoms with van der Waals surface area (Å²) in [6.45, 7) is 9.00. The summed E-state index contributed by atoms with van der Waals surface area (Å²) in [4.78, 5) is 0. The maximum Gasteiger partial charge on any atom is 0.186 e. The van der Waals surface area contributed by atoms with Gasteiger partial charge in [0.15, 0.2) is 16.6 Å². The SMILES string of the molecule is CCNC(=S)NN=Cc1cc(Cl)c(OC(C)C)c(OCC)c1. The van der Waals surface area contributed by atoms with Gasteiger partial charge in [-0.15, -0.1) is 0 Å². The summed E-state index contributed by atoms with van der Waals surface area (Å²) in [5.41, 5.74) is 3.51. The van der Waals surface area contributed by atoms with Gasteiger partial charge < -0.3 is 14.8 Å². The van der Waals surface area contributed by atoms with Gasteiger partial charge in [0.05, 0.1) is 23.9 Å². The van der Waals surface area contributed by atoms with Crippen LogP contribution in [0.1, 0.15) is 33.3 Å². The van der Waals surface area contributed by atoms with Gasteiger partial charge in [-0.05, 0) is 57.6 Å². The molecule has 0 heterocycles. The first-order valence-corrected chi connectivity index (χ1v) is 7.96. The van der Waals surface area contributed by atoms with Crippen LogP contribution < -0.4 is 20.2 Å². The monoisotopic (exact) mass is 343 g/mol. The summed E-state index contributed by atoms with van der Waals surface area (Å²) in [5, 5.41) is 7.95. The van der Waals surface area contributed by atoms with E-state index in [2.05, 4.69) is 15.8 Å². The van der Waals surface area contributed by atoms with Crippen molar-refractivity contribution in [2.45, 2.75) is 33.8 Å². The molecule has 1 aromatic rings. The van der Waals surface area contributed by atoms with E-state index >= 15 is 0 Å². The Labute approximate surface area is 142 Å². The van der Waals surface area contributed by atoms with Gasteiger partial charge in [0.2, 0.25) is 0 Å². The second kappa shape index (κ2) is 9.48. The third kappa shape index (κ3) is 6.07. The minimum atomic E-state index is 0.00961. The van der Waals surface area contributed by atoms with Crippen LogP contribution in [-0.2, 0) is 0 Å². The average molecular weight is 344 g/mol. The molecule has 2 N–H and O–H groups in total. The van der Waals surface area contributed by atoms with Crippen molar-refractivity contribution >= 4 is 35.1 Å². The molecule has 0 fully saturated rings. The number of thiocarbonyl (C=S) groups is 1. The predicted molar refractivity (Wildman–Crippen MR) is 95.4 cm³/mol. The molecule has 0 aliphatic carbocycles. The number of nitrogens with zero attached hydrogens (tertiary/aromatic N) is 1. The maximum atomic E-state index is 6.28. The highest BCUT2D eigenvalue weighted by atomic mass is 35.5. The van der Waals surface area contributed by atoms with Gasteiger partial charge in [0.1, 0.15) is 0 Å². The van der Waals surface area contributed by atoms with Crippen LogP contribution in [0, 0.1) is 0 Å². The van der Waals surface area contributed by atoms with E-state index in [1.54, 1.807) is 12.3 Å². The van der Waals surface area contributed by atoms with Crippen LogP contribution in [0.3, 0.4) is 0 Å². The molecule has 1 aromatic carbocycles. The van der Waals surface area contributed by atoms with E-state index in [1.165, 1.54) is 0 Å². The Morgan fingerprint density at radius 2 is 2.14 bits per heavy atom. The second-order valence-electron chi connectivity index (χ2n) is 4.66. The first-order chi connectivity index (χ1) is 10.5. The molecule has 7 heteroatoms. The van der Waals surface area contributed by atoms with Crippen molar-refractivity contribution in [3.63, 3.8) is 0 Å². The molecule has 0 unspecified atom stereocenters. The summed E-state index contributed by atoms with van der Waals surface area (Å²) in [5.74, 6) is 1.14. The van der Waals surface area contributed by atoms with Gasteiger partial charge in [-0.3, -0.25) is 5.43 Å². The van der Waals surface area contributed by atoms with Gasteiger partial charge in [-0.25, -0.2) is 0 Å². The Balaban J connectivity index is 2.93. The van der Waals surface area contributed by atoms with Crippen molar-refractivity contribution < 1.29 is 9.47 Å². The van der Waals surface area contributed by atoms with Gasteiger partial charge in [-0.1, -0.05) is 11.6 Å². The Kier molecular flexibility index (Phi) is 7.98. The van der Waals surface area contributed by atoms with Crippen molar-refractivity contribution in [3.8, 4) is 11.5 Å². The summed E-state index contributed by atoms with van der Waals surface area (Å²) >= 11 is 11.3. The zero-order chi connectivity index (χ0) is 16.5. The minimum Gasteiger partial charge on any atom is -0.490 e. The third-order valence-electron chi connectivity index (χ3n) is 2.40. The molecule has 122 valence electrons. The molecule has 0 bridgehead atoms. The van der Waals surface area contributed by atoms with Gasteiger partial charge in [0, 0.05) is 6.54 Å². The fraction of sp³-hybridized carbons (Fsp3) is 0.467. The first kappa shape index (κ1) is 18.5. The Morgan fingerprint density at radius 1 is 1.41 bits per heavy atom. The number of hydrogen-bond donors (Lipinski definition) is 2. The third-order valence-corrected chi connectivity index (χ3v) is 2.92. The molecule has 0 saturated heterocycles. The lowest BCUT2D eigenvalue weighted by Gasteiger charge is -2.16. The van der Waals surface area contributed by atoms with E-state index in [-0.39, 0.29) is 6.10 Å². The largest absolute Gasteiger partial charge is 0.490 e.